The van der Waals surface area contributed by atoms with E-state index in [0.717, 1.165) is 4.57 Å². The highest BCUT2D eigenvalue weighted by Crippen LogP contribution is 2.34. The van der Waals surface area contributed by atoms with Crippen LogP contribution in [0.4, 0.5) is 11.5 Å². The summed E-state index contributed by atoms with van der Waals surface area (Å²) in [6, 6.07) is 7.90. The summed E-state index contributed by atoms with van der Waals surface area (Å²) in [6.07, 6.45) is 1.39. The summed E-state index contributed by atoms with van der Waals surface area (Å²) in [6.45, 7) is 0. The molecule has 0 bridgehead atoms. The first-order chi connectivity index (χ1) is 15.2. The topological polar surface area (TPSA) is 134 Å². The second-order valence-corrected chi connectivity index (χ2v) is 7.36. The Balaban J connectivity index is 2.04. The third-order valence-electron chi connectivity index (χ3n) is 5.02. The van der Waals surface area contributed by atoms with E-state index in [1.54, 1.807) is 24.3 Å². The summed E-state index contributed by atoms with van der Waals surface area (Å²) in [5.74, 6) is -0.276. The van der Waals surface area contributed by atoms with Gasteiger partial charge in [0.25, 0.3) is 11.5 Å². The smallest absolute Gasteiger partial charge is 0.332 e. The number of benzene rings is 1. The highest BCUT2D eigenvalue weighted by Gasteiger charge is 2.27. The van der Waals surface area contributed by atoms with Crippen molar-refractivity contribution in [1.29, 1.82) is 0 Å². The number of nitrogens with zero attached hydrogens (tertiary/aromatic N) is 3. The minimum Gasteiger partial charge on any atom is -0.495 e. The second-order valence-electron chi connectivity index (χ2n) is 6.93. The van der Waals surface area contributed by atoms with E-state index < -0.39 is 17.2 Å². The molecule has 0 atom stereocenters. The Morgan fingerprint density at radius 1 is 1.22 bits per heavy atom. The lowest BCUT2D eigenvalue weighted by atomic mass is 10.0. The number of amides is 1. The number of carbonyl (C=O) groups is 1. The summed E-state index contributed by atoms with van der Waals surface area (Å²) in [4.78, 5) is 43.0. The molecule has 0 saturated carbocycles. The van der Waals surface area contributed by atoms with Crippen LogP contribution in [0.5, 0.6) is 5.75 Å². The van der Waals surface area contributed by atoms with E-state index >= 15 is 0 Å². The molecule has 4 aromatic rings. The van der Waals surface area contributed by atoms with Crippen LogP contribution in [-0.2, 0) is 14.1 Å². The lowest BCUT2D eigenvalue weighted by Crippen LogP contribution is -2.38. The molecule has 0 aliphatic rings. The van der Waals surface area contributed by atoms with Gasteiger partial charge in [0.15, 0.2) is 5.65 Å². The Morgan fingerprint density at radius 3 is 2.62 bits per heavy atom. The average molecular weight is 456 g/mol. The van der Waals surface area contributed by atoms with Gasteiger partial charge in [-0.05, 0) is 30.3 Å². The van der Waals surface area contributed by atoms with Crippen LogP contribution < -0.4 is 27.0 Å². The van der Waals surface area contributed by atoms with Crippen LogP contribution in [-0.4, -0.2) is 27.1 Å². The monoisotopic (exact) mass is 455 g/mol. The van der Waals surface area contributed by atoms with Gasteiger partial charge in [-0.15, -0.1) is 0 Å². The molecule has 11 heteroatoms. The SMILES string of the molecule is COc1ccc(Cl)cc1NC(=O)c1c(N)nc2c(c1-c1ccco1)c(=O)n(C)c(=O)n2C. The number of aromatic nitrogens is 3. The molecular weight excluding hydrogens is 438 g/mol. The van der Waals surface area contributed by atoms with Crippen molar-refractivity contribution in [2.24, 2.45) is 14.1 Å². The molecule has 3 aromatic heterocycles. The molecule has 0 spiro atoms. The van der Waals surface area contributed by atoms with Gasteiger partial charge in [-0.1, -0.05) is 11.6 Å². The Kier molecular flexibility index (Phi) is 5.23. The van der Waals surface area contributed by atoms with E-state index in [4.69, 9.17) is 26.5 Å². The molecular formula is C21H18ClN5O5. The molecule has 0 radical (unpaired) electrons. The Morgan fingerprint density at radius 2 is 1.97 bits per heavy atom. The van der Waals surface area contributed by atoms with Crippen molar-refractivity contribution in [3.05, 3.63) is 68.0 Å². The van der Waals surface area contributed by atoms with Gasteiger partial charge in [-0.25, -0.2) is 9.78 Å². The van der Waals surface area contributed by atoms with Gasteiger partial charge in [0, 0.05) is 19.1 Å². The summed E-state index contributed by atoms with van der Waals surface area (Å²) in [5.41, 5.74) is 5.28. The molecule has 164 valence electrons. The number of halogens is 1. The number of carbonyl (C=O) groups excluding carboxylic acids is 1. The normalized spacial score (nSPS) is 11.0. The number of methoxy groups -OCH3 is 1. The maximum absolute atomic E-state index is 13.4. The van der Waals surface area contributed by atoms with E-state index in [0.29, 0.717) is 16.5 Å². The molecule has 32 heavy (non-hydrogen) atoms. The second kappa shape index (κ2) is 7.89. The number of pyridine rings is 1. The first-order valence-corrected chi connectivity index (χ1v) is 9.70. The molecule has 0 saturated heterocycles. The molecule has 0 unspecified atom stereocenters. The van der Waals surface area contributed by atoms with Gasteiger partial charge < -0.3 is 20.2 Å². The summed E-state index contributed by atoms with van der Waals surface area (Å²) < 4.78 is 12.9. The number of nitrogen functional groups attached to an aromatic ring is 1. The standard InChI is InChI=1S/C21H18ClN5O5/c1-26-18-16(20(29)27(2)21(26)30)14(13-5-4-8-32-13)15(17(23)25-18)19(28)24-11-9-10(22)6-7-12(11)31-3/h4-9H,1-3H3,(H2,23,25)(H,24,28). The number of ether oxygens (including phenoxy) is 1. The summed E-state index contributed by atoms with van der Waals surface area (Å²) >= 11 is 6.06. The molecule has 3 heterocycles. The van der Waals surface area contributed by atoms with Crippen LogP contribution in [0.2, 0.25) is 5.02 Å². The molecule has 10 nitrogen and oxygen atoms in total. The fourth-order valence-electron chi connectivity index (χ4n) is 3.47. The molecule has 1 aromatic carbocycles. The van der Waals surface area contributed by atoms with Crippen LogP contribution in [0.25, 0.3) is 22.4 Å². The Labute approximate surface area is 185 Å². The summed E-state index contributed by atoms with van der Waals surface area (Å²) in [7, 11) is 4.24. The molecule has 0 fully saturated rings. The maximum Gasteiger partial charge on any atom is 0.332 e. The van der Waals surface area contributed by atoms with Crippen molar-refractivity contribution in [3.63, 3.8) is 0 Å². The zero-order valence-corrected chi connectivity index (χ0v) is 18.1. The molecule has 0 aliphatic carbocycles. The third-order valence-corrected chi connectivity index (χ3v) is 5.26. The number of hydrogen-bond donors (Lipinski definition) is 2. The number of furan rings is 1. The van der Waals surface area contributed by atoms with E-state index in [1.165, 1.54) is 38.1 Å². The van der Waals surface area contributed by atoms with E-state index in [9.17, 15) is 14.4 Å². The van der Waals surface area contributed by atoms with Crippen molar-refractivity contribution in [2.75, 3.05) is 18.2 Å². The van der Waals surface area contributed by atoms with Gasteiger partial charge in [0.2, 0.25) is 0 Å². The van der Waals surface area contributed by atoms with Crippen molar-refractivity contribution >= 4 is 40.0 Å². The third kappa shape index (κ3) is 3.30. The molecule has 1 amide bonds. The largest absolute Gasteiger partial charge is 0.495 e. The number of aryl methyl sites for hydroxylation is 1. The van der Waals surface area contributed by atoms with Gasteiger partial charge in [0.05, 0.1) is 35.6 Å². The fourth-order valence-corrected chi connectivity index (χ4v) is 3.64. The van der Waals surface area contributed by atoms with Crippen molar-refractivity contribution in [2.45, 2.75) is 0 Å². The predicted molar refractivity (Wildman–Crippen MR) is 120 cm³/mol. The summed E-state index contributed by atoms with van der Waals surface area (Å²) in [5, 5.41) is 3.09. The van der Waals surface area contributed by atoms with Crippen LogP contribution >= 0.6 is 11.6 Å². The average Bonchev–Trinajstić information content (AvgIpc) is 3.30. The van der Waals surface area contributed by atoms with Gasteiger partial charge >= 0.3 is 5.69 Å². The van der Waals surface area contributed by atoms with Crippen LogP contribution in [0.15, 0.2) is 50.6 Å². The molecule has 3 N–H and O–H groups in total. The quantitative estimate of drug-likeness (QED) is 0.482. The first-order valence-electron chi connectivity index (χ1n) is 9.32. The Hall–Kier alpha value is -4.05. The number of anilines is 2. The lowest BCUT2D eigenvalue weighted by Gasteiger charge is -2.16. The molecule has 0 aliphatic heterocycles. The van der Waals surface area contributed by atoms with Crippen molar-refractivity contribution in [3.8, 4) is 17.1 Å². The van der Waals surface area contributed by atoms with E-state index in [2.05, 4.69) is 10.3 Å². The zero-order chi connectivity index (χ0) is 23.2. The first kappa shape index (κ1) is 21.2. The van der Waals surface area contributed by atoms with Crippen LogP contribution in [0, 0.1) is 0 Å². The van der Waals surface area contributed by atoms with Crippen LogP contribution in [0.3, 0.4) is 0 Å². The number of nitrogens with one attached hydrogen (secondary N) is 1. The van der Waals surface area contributed by atoms with Crippen LogP contribution in [0.1, 0.15) is 10.4 Å². The number of hydrogen-bond acceptors (Lipinski definition) is 7. The van der Waals surface area contributed by atoms with Crippen molar-refractivity contribution in [1.82, 2.24) is 14.1 Å². The predicted octanol–water partition coefficient (Wildman–Crippen LogP) is 2.39. The number of rotatable bonds is 4. The van der Waals surface area contributed by atoms with Gasteiger partial charge in [0.1, 0.15) is 17.3 Å². The Bertz CT molecular complexity index is 1490. The van der Waals surface area contributed by atoms with E-state index in [-0.39, 0.29) is 33.7 Å². The minimum atomic E-state index is -0.667. The fraction of sp³-hybridized carbons (Fsp3) is 0.143. The van der Waals surface area contributed by atoms with E-state index in [1.807, 2.05) is 0 Å². The number of fused-ring (bicyclic) bond motifs is 1. The zero-order valence-electron chi connectivity index (χ0n) is 17.3. The maximum atomic E-state index is 13.4. The van der Waals surface area contributed by atoms with Crippen molar-refractivity contribution < 1.29 is 13.9 Å². The molecule has 4 rings (SSSR count). The highest BCUT2D eigenvalue weighted by molar-refractivity contribution is 6.31. The van der Waals surface area contributed by atoms with Gasteiger partial charge in [-0.3, -0.25) is 18.7 Å². The lowest BCUT2D eigenvalue weighted by molar-refractivity contribution is 0.102. The van der Waals surface area contributed by atoms with Gasteiger partial charge in [-0.2, -0.15) is 0 Å². The number of nitrogens with two attached hydrogens (primary N) is 1. The highest BCUT2D eigenvalue weighted by atomic mass is 35.5. The minimum absolute atomic E-state index is 0.0157.